The van der Waals surface area contributed by atoms with E-state index in [0.29, 0.717) is 5.56 Å². The molecule has 0 bridgehead atoms. The summed E-state index contributed by atoms with van der Waals surface area (Å²) in [6.07, 6.45) is -2.72. The molecule has 0 aliphatic heterocycles. The summed E-state index contributed by atoms with van der Waals surface area (Å²) in [6.45, 7) is 6.24. The third-order valence-electron chi connectivity index (χ3n) is 4.50. The average molecular weight is 429 g/mol. The molecule has 2 aromatic carbocycles. The summed E-state index contributed by atoms with van der Waals surface area (Å²) in [7, 11) is 1.91. The van der Waals surface area contributed by atoms with E-state index in [2.05, 4.69) is 4.99 Å². The van der Waals surface area contributed by atoms with E-state index < -0.39 is 17.7 Å². The number of esters is 1. The average Bonchev–Trinajstić information content (AvgIpc) is 2.66. The monoisotopic (exact) mass is 428 g/mol. The SMILES string of the molecule is CCN(C)/C=N/c1ccc(C(=O)OCc2cccc(C(F)(F)F)c2)c(C)c1C.Cl. The number of alkyl halides is 3. The topological polar surface area (TPSA) is 41.9 Å². The highest BCUT2D eigenvalue weighted by Gasteiger charge is 2.30. The third kappa shape index (κ3) is 6.49. The maximum absolute atomic E-state index is 12.8. The first-order valence-electron chi connectivity index (χ1n) is 8.81. The molecule has 0 aliphatic carbocycles. The van der Waals surface area contributed by atoms with Crippen molar-refractivity contribution in [1.29, 1.82) is 0 Å². The Bertz CT molecular complexity index is 883. The number of rotatable bonds is 6. The Kier molecular flexibility index (Phi) is 8.70. The second kappa shape index (κ2) is 10.3. The van der Waals surface area contributed by atoms with Gasteiger partial charge in [-0.15, -0.1) is 12.4 Å². The zero-order chi connectivity index (χ0) is 20.9. The molecular weight excluding hydrogens is 405 g/mol. The van der Waals surface area contributed by atoms with Gasteiger partial charge >= 0.3 is 12.1 Å². The van der Waals surface area contributed by atoms with E-state index in [1.54, 1.807) is 25.4 Å². The van der Waals surface area contributed by atoms with Gasteiger partial charge in [0, 0.05) is 13.6 Å². The van der Waals surface area contributed by atoms with Crippen LogP contribution in [-0.2, 0) is 17.5 Å². The minimum absolute atomic E-state index is 0. The molecule has 0 amide bonds. The molecule has 0 heterocycles. The Morgan fingerprint density at radius 1 is 1.17 bits per heavy atom. The number of hydrogen-bond acceptors (Lipinski definition) is 3. The van der Waals surface area contributed by atoms with E-state index in [1.807, 2.05) is 25.8 Å². The Hall–Kier alpha value is -2.54. The van der Waals surface area contributed by atoms with Gasteiger partial charge in [-0.05, 0) is 61.7 Å². The number of aliphatic imine (C=N–C) groups is 1. The number of halogens is 4. The maximum Gasteiger partial charge on any atom is 0.416 e. The Morgan fingerprint density at radius 2 is 1.86 bits per heavy atom. The van der Waals surface area contributed by atoms with E-state index in [4.69, 9.17) is 4.74 Å². The van der Waals surface area contributed by atoms with Crippen LogP contribution in [0.25, 0.3) is 0 Å². The normalized spacial score (nSPS) is 11.3. The summed E-state index contributed by atoms with van der Waals surface area (Å²) in [5.74, 6) is -0.584. The van der Waals surface area contributed by atoms with Crippen LogP contribution < -0.4 is 0 Å². The summed E-state index contributed by atoms with van der Waals surface area (Å²) < 4.78 is 43.6. The largest absolute Gasteiger partial charge is 0.457 e. The smallest absolute Gasteiger partial charge is 0.416 e. The molecular formula is C21H24ClF3N2O2. The molecule has 0 spiro atoms. The van der Waals surface area contributed by atoms with Crippen LogP contribution >= 0.6 is 12.4 Å². The van der Waals surface area contributed by atoms with Gasteiger partial charge in [-0.1, -0.05) is 12.1 Å². The van der Waals surface area contributed by atoms with Crippen molar-refractivity contribution in [2.24, 2.45) is 4.99 Å². The summed E-state index contributed by atoms with van der Waals surface area (Å²) in [5, 5.41) is 0. The number of nitrogens with zero attached hydrogens (tertiary/aromatic N) is 2. The van der Waals surface area contributed by atoms with Crippen molar-refractivity contribution in [3.8, 4) is 0 Å². The first kappa shape index (κ1) is 24.5. The van der Waals surface area contributed by atoms with Crippen molar-refractivity contribution in [1.82, 2.24) is 4.90 Å². The van der Waals surface area contributed by atoms with Gasteiger partial charge in [0.2, 0.25) is 0 Å². The van der Waals surface area contributed by atoms with Crippen LogP contribution in [-0.4, -0.2) is 30.8 Å². The predicted molar refractivity (Wildman–Crippen MR) is 110 cm³/mol. The van der Waals surface area contributed by atoms with Gasteiger partial charge in [0.15, 0.2) is 0 Å². The van der Waals surface area contributed by atoms with Crippen molar-refractivity contribution in [2.45, 2.75) is 33.6 Å². The van der Waals surface area contributed by atoms with Gasteiger partial charge < -0.3 is 9.64 Å². The zero-order valence-corrected chi connectivity index (χ0v) is 17.5. The molecule has 4 nitrogen and oxygen atoms in total. The van der Waals surface area contributed by atoms with E-state index in [-0.39, 0.29) is 24.6 Å². The number of hydrogen-bond donors (Lipinski definition) is 0. The highest BCUT2D eigenvalue weighted by molar-refractivity contribution is 5.92. The maximum atomic E-state index is 12.8. The minimum Gasteiger partial charge on any atom is -0.457 e. The zero-order valence-electron chi connectivity index (χ0n) is 16.7. The molecule has 0 aliphatic rings. The molecule has 2 rings (SSSR count). The van der Waals surface area contributed by atoms with Gasteiger partial charge in [-0.3, -0.25) is 0 Å². The molecule has 2 aromatic rings. The van der Waals surface area contributed by atoms with Crippen molar-refractivity contribution in [3.05, 3.63) is 64.2 Å². The number of ether oxygens (including phenoxy) is 1. The molecule has 0 saturated carbocycles. The van der Waals surface area contributed by atoms with Crippen LogP contribution in [0.15, 0.2) is 41.4 Å². The fourth-order valence-corrected chi connectivity index (χ4v) is 2.47. The summed E-state index contributed by atoms with van der Waals surface area (Å²) in [4.78, 5) is 18.7. The highest BCUT2D eigenvalue weighted by atomic mass is 35.5. The lowest BCUT2D eigenvalue weighted by Crippen LogP contribution is -2.14. The van der Waals surface area contributed by atoms with Crippen LogP contribution in [0.1, 0.15) is 39.5 Å². The lowest BCUT2D eigenvalue weighted by molar-refractivity contribution is -0.137. The van der Waals surface area contributed by atoms with E-state index in [9.17, 15) is 18.0 Å². The third-order valence-corrected chi connectivity index (χ3v) is 4.50. The van der Waals surface area contributed by atoms with Gasteiger partial charge in [0.25, 0.3) is 0 Å². The molecule has 29 heavy (non-hydrogen) atoms. The molecule has 0 unspecified atom stereocenters. The standard InChI is InChI=1S/C21H23F3N2O2.ClH/c1-5-26(4)13-25-19-10-9-18(14(2)15(19)3)20(27)28-12-16-7-6-8-17(11-16)21(22,23)24;/h6-11,13H,5,12H2,1-4H3;1H/b25-13+;. The molecule has 0 atom stereocenters. The second-order valence-electron chi connectivity index (χ2n) is 6.47. The van der Waals surface area contributed by atoms with Crippen molar-refractivity contribution >= 4 is 30.4 Å². The van der Waals surface area contributed by atoms with Crippen LogP contribution in [0, 0.1) is 13.8 Å². The summed E-state index contributed by atoms with van der Waals surface area (Å²) in [5.41, 5.74) is 2.19. The van der Waals surface area contributed by atoms with Crippen LogP contribution in [0.5, 0.6) is 0 Å². The second-order valence-corrected chi connectivity index (χ2v) is 6.47. The van der Waals surface area contributed by atoms with Gasteiger partial charge in [-0.2, -0.15) is 13.2 Å². The van der Waals surface area contributed by atoms with Gasteiger partial charge in [0.05, 0.1) is 23.2 Å². The highest BCUT2D eigenvalue weighted by Crippen LogP contribution is 2.30. The van der Waals surface area contributed by atoms with Gasteiger partial charge in [0.1, 0.15) is 6.61 Å². The fourth-order valence-electron chi connectivity index (χ4n) is 2.47. The van der Waals surface area contributed by atoms with Crippen LogP contribution in [0.4, 0.5) is 18.9 Å². The first-order valence-corrected chi connectivity index (χ1v) is 8.81. The van der Waals surface area contributed by atoms with Crippen molar-refractivity contribution in [2.75, 3.05) is 13.6 Å². The molecule has 0 saturated heterocycles. The molecule has 0 fully saturated rings. The molecule has 0 aromatic heterocycles. The van der Waals surface area contributed by atoms with E-state index in [0.717, 1.165) is 35.5 Å². The first-order chi connectivity index (χ1) is 13.1. The Balaban J connectivity index is 0.00000420. The molecule has 8 heteroatoms. The lowest BCUT2D eigenvalue weighted by Gasteiger charge is -2.13. The van der Waals surface area contributed by atoms with Crippen LogP contribution in [0.2, 0.25) is 0 Å². The van der Waals surface area contributed by atoms with Gasteiger partial charge in [-0.25, -0.2) is 9.79 Å². The Labute approximate surface area is 174 Å². The lowest BCUT2D eigenvalue weighted by atomic mass is 10.0. The van der Waals surface area contributed by atoms with Crippen LogP contribution in [0.3, 0.4) is 0 Å². The molecule has 0 N–H and O–H groups in total. The summed E-state index contributed by atoms with van der Waals surface area (Å²) in [6, 6.07) is 8.09. The summed E-state index contributed by atoms with van der Waals surface area (Å²) >= 11 is 0. The number of carbonyl (C=O) groups excluding carboxylic acids is 1. The van der Waals surface area contributed by atoms with E-state index >= 15 is 0 Å². The molecule has 0 radical (unpaired) electrons. The predicted octanol–water partition coefficient (Wildman–Crippen LogP) is 5.71. The van der Waals surface area contributed by atoms with Crippen molar-refractivity contribution in [3.63, 3.8) is 0 Å². The number of benzene rings is 2. The molecule has 158 valence electrons. The van der Waals surface area contributed by atoms with E-state index in [1.165, 1.54) is 12.1 Å². The Morgan fingerprint density at radius 3 is 2.48 bits per heavy atom. The van der Waals surface area contributed by atoms with Crippen molar-refractivity contribution < 1.29 is 22.7 Å². The quantitative estimate of drug-likeness (QED) is 0.336. The minimum atomic E-state index is -4.43. The number of carbonyl (C=O) groups is 1. The fraction of sp³-hybridized carbons (Fsp3) is 0.333.